The van der Waals surface area contributed by atoms with E-state index < -0.39 is 0 Å². The van der Waals surface area contributed by atoms with Crippen LogP contribution in [0, 0.1) is 12.8 Å². The molecule has 3 heterocycles. The van der Waals surface area contributed by atoms with Crippen molar-refractivity contribution in [1.29, 1.82) is 0 Å². The van der Waals surface area contributed by atoms with E-state index in [2.05, 4.69) is 38.9 Å². The van der Waals surface area contributed by atoms with Crippen molar-refractivity contribution in [1.82, 2.24) is 25.1 Å². The Morgan fingerprint density at radius 1 is 1.29 bits per heavy atom. The lowest BCUT2D eigenvalue weighted by molar-refractivity contribution is 0.264. The molecule has 0 amide bonds. The number of rotatable bonds is 4. The summed E-state index contributed by atoms with van der Waals surface area (Å²) in [6.07, 6.45) is 6.02. The monoisotopic (exact) mass is 285 g/mol. The minimum atomic E-state index is 0.645. The molecule has 5 heteroatoms. The molecule has 2 aromatic heterocycles. The van der Waals surface area contributed by atoms with Crippen molar-refractivity contribution < 1.29 is 0 Å². The molecule has 0 bridgehead atoms. The number of H-pyrrole nitrogens is 1. The molecule has 0 aliphatic carbocycles. The largest absolute Gasteiger partial charge is 0.301 e. The van der Waals surface area contributed by atoms with Crippen molar-refractivity contribution >= 4 is 0 Å². The second kappa shape index (κ2) is 5.93. The molecule has 0 aromatic carbocycles. The van der Waals surface area contributed by atoms with E-state index in [0.29, 0.717) is 12.0 Å². The van der Waals surface area contributed by atoms with Crippen molar-refractivity contribution in [2.45, 2.75) is 39.7 Å². The molecule has 1 aliphatic rings. The molecule has 1 atom stereocenters. The van der Waals surface area contributed by atoms with E-state index >= 15 is 0 Å². The molecular formula is C16H23N5. The molecule has 112 valence electrons. The van der Waals surface area contributed by atoms with Crippen molar-refractivity contribution in [3.63, 3.8) is 0 Å². The van der Waals surface area contributed by atoms with Crippen molar-refractivity contribution in [3.05, 3.63) is 29.8 Å². The summed E-state index contributed by atoms with van der Waals surface area (Å²) in [5.74, 6) is 0.708. The number of hydrogen-bond donors (Lipinski definition) is 1. The molecule has 2 aromatic rings. The summed E-state index contributed by atoms with van der Waals surface area (Å²) >= 11 is 0. The first-order valence-electron chi connectivity index (χ1n) is 7.69. The van der Waals surface area contributed by atoms with E-state index in [4.69, 9.17) is 0 Å². The van der Waals surface area contributed by atoms with Gasteiger partial charge in [0, 0.05) is 24.5 Å². The second-order valence-electron chi connectivity index (χ2n) is 6.28. The summed E-state index contributed by atoms with van der Waals surface area (Å²) in [6.45, 7) is 8.91. The van der Waals surface area contributed by atoms with Crippen LogP contribution in [0.15, 0.2) is 18.5 Å². The van der Waals surface area contributed by atoms with Gasteiger partial charge in [-0.1, -0.05) is 0 Å². The first kappa shape index (κ1) is 14.2. The molecule has 0 radical (unpaired) electrons. The van der Waals surface area contributed by atoms with Gasteiger partial charge in [0.05, 0.1) is 11.9 Å². The Bertz CT molecular complexity index is 587. The summed E-state index contributed by atoms with van der Waals surface area (Å²) in [5.41, 5.74) is 3.81. The van der Waals surface area contributed by atoms with Gasteiger partial charge in [-0.2, -0.15) is 5.10 Å². The highest BCUT2D eigenvalue weighted by molar-refractivity contribution is 5.52. The average molecular weight is 285 g/mol. The van der Waals surface area contributed by atoms with Gasteiger partial charge >= 0.3 is 0 Å². The topological polar surface area (TPSA) is 57.7 Å². The van der Waals surface area contributed by atoms with Gasteiger partial charge in [0.1, 0.15) is 11.4 Å². The number of aryl methyl sites for hydroxylation is 1. The third kappa shape index (κ3) is 3.29. The van der Waals surface area contributed by atoms with Crippen LogP contribution < -0.4 is 0 Å². The van der Waals surface area contributed by atoms with Gasteiger partial charge in [-0.15, -0.1) is 0 Å². The van der Waals surface area contributed by atoms with Crippen molar-refractivity contribution in [3.8, 4) is 11.4 Å². The van der Waals surface area contributed by atoms with Crippen LogP contribution in [-0.2, 0) is 6.42 Å². The van der Waals surface area contributed by atoms with E-state index in [1.807, 2.05) is 25.4 Å². The molecule has 5 nitrogen and oxygen atoms in total. The fourth-order valence-corrected chi connectivity index (χ4v) is 2.94. The minimum Gasteiger partial charge on any atom is -0.301 e. The van der Waals surface area contributed by atoms with Crippen LogP contribution in [0.2, 0.25) is 0 Å². The SMILES string of the molecule is Cc1cc(-c2cnc(C[C@@H]3CCN(C(C)C)C3)cn2)n[nH]1. The Morgan fingerprint density at radius 3 is 2.71 bits per heavy atom. The average Bonchev–Trinajstić information content (AvgIpc) is 3.09. The molecule has 3 rings (SSSR count). The van der Waals surface area contributed by atoms with Gasteiger partial charge in [-0.25, -0.2) is 0 Å². The first-order chi connectivity index (χ1) is 10.1. The van der Waals surface area contributed by atoms with Crippen LogP contribution >= 0.6 is 0 Å². The van der Waals surface area contributed by atoms with Crippen LogP contribution in [0.25, 0.3) is 11.4 Å². The predicted molar refractivity (Wildman–Crippen MR) is 82.9 cm³/mol. The van der Waals surface area contributed by atoms with Gasteiger partial charge < -0.3 is 4.90 Å². The van der Waals surface area contributed by atoms with Gasteiger partial charge in [0.25, 0.3) is 0 Å². The number of nitrogens with one attached hydrogen (secondary N) is 1. The fourth-order valence-electron chi connectivity index (χ4n) is 2.94. The number of aromatic nitrogens is 4. The van der Waals surface area contributed by atoms with Crippen molar-refractivity contribution in [2.75, 3.05) is 13.1 Å². The Kier molecular flexibility index (Phi) is 4.01. The molecule has 0 unspecified atom stereocenters. The van der Waals surface area contributed by atoms with Gasteiger partial charge in [0.2, 0.25) is 0 Å². The Morgan fingerprint density at radius 2 is 2.14 bits per heavy atom. The predicted octanol–water partition coefficient (Wildman–Crippen LogP) is 2.45. The summed E-state index contributed by atoms with van der Waals surface area (Å²) < 4.78 is 0. The van der Waals surface area contributed by atoms with E-state index in [9.17, 15) is 0 Å². The number of likely N-dealkylation sites (tertiary alicyclic amines) is 1. The number of hydrogen-bond acceptors (Lipinski definition) is 4. The molecule has 1 N–H and O–H groups in total. The van der Waals surface area contributed by atoms with E-state index in [1.165, 1.54) is 19.5 Å². The normalized spacial score (nSPS) is 19.5. The fraction of sp³-hybridized carbons (Fsp3) is 0.562. The maximum Gasteiger partial charge on any atom is 0.112 e. The molecule has 1 aliphatic heterocycles. The zero-order valence-corrected chi connectivity index (χ0v) is 13.0. The summed E-state index contributed by atoms with van der Waals surface area (Å²) in [6, 6.07) is 2.63. The zero-order chi connectivity index (χ0) is 14.8. The highest BCUT2D eigenvalue weighted by Crippen LogP contribution is 2.22. The van der Waals surface area contributed by atoms with Crippen LogP contribution in [0.5, 0.6) is 0 Å². The lowest BCUT2D eigenvalue weighted by atomic mass is 10.0. The molecule has 1 saturated heterocycles. The van der Waals surface area contributed by atoms with E-state index in [1.54, 1.807) is 0 Å². The van der Waals surface area contributed by atoms with Gasteiger partial charge in [-0.3, -0.25) is 15.1 Å². The Balaban J connectivity index is 1.63. The molecular weight excluding hydrogens is 262 g/mol. The van der Waals surface area contributed by atoms with Crippen LogP contribution in [0.1, 0.15) is 31.7 Å². The Labute approximate surface area is 125 Å². The summed E-state index contributed by atoms with van der Waals surface area (Å²) in [5, 5.41) is 7.15. The molecule has 21 heavy (non-hydrogen) atoms. The maximum atomic E-state index is 4.56. The highest BCUT2D eigenvalue weighted by Gasteiger charge is 2.24. The second-order valence-corrected chi connectivity index (χ2v) is 6.28. The lowest BCUT2D eigenvalue weighted by Gasteiger charge is -2.20. The van der Waals surface area contributed by atoms with Crippen molar-refractivity contribution in [2.24, 2.45) is 5.92 Å². The zero-order valence-electron chi connectivity index (χ0n) is 13.0. The van der Waals surface area contributed by atoms with Crippen LogP contribution in [0.3, 0.4) is 0 Å². The summed E-state index contributed by atoms with van der Waals surface area (Å²) in [7, 11) is 0. The molecule has 0 spiro atoms. The molecule has 1 fully saturated rings. The standard InChI is InChI=1S/C16H23N5/c1-11(2)21-5-4-13(10-21)7-14-8-18-16(9-17-14)15-6-12(3)19-20-15/h6,8-9,11,13H,4-5,7,10H2,1-3H3,(H,19,20)/t13-/m0/s1. The third-order valence-corrected chi connectivity index (χ3v) is 4.22. The van der Waals surface area contributed by atoms with Crippen LogP contribution in [-0.4, -0.2) is 44.2 Å². The lowest BCUT2D eigenvalue weighted by Crippen LogP contribution is -2.28. The number of aromatic amines is 1. The smallest absolute Gasteiger partial charge is 0.112 e. The maximum absolute atomic E-state index is 4.56. The van der Waals surface area contributed by atoms with Gasteiger partial charge in [-0.05, 0) is 52.1 Å². The first-order valence-corrected chi connectivity index (χ1v) is 7.69. The Hall–Kier alpha value is -1.75. The van der Waals surface area contributed by atoms with E-state index in [-0.39, 0.29) is 0 Å². The van der Waals surface area contributed by atoms with Gasteiger partial charge in [0.15, 0.2) is 0 Å². The third-order valence-electron chi connectivity index (χ3n) is 4.22. The quantitative estimate of drug-likeness (QED) is 0.937. The summed E-state index contributed by atoms with van der Waals surface area (Å²) in [4.78, 5) is 11.6. The minimum absolute atomic E-state index is 0.645. The van der Waals surface area contributed by atoms with Crippen LogP contribution in [0.4, 0.5) is 0 Å². The molecule has 0 saturated carbocycles. The van der Waals surface area contributed by atoms with E-state index in [0.717, 1.165) is 29.2 Å². The highest BCUT2D eigenvalue weighted by atomic mass is 15.2. The number of nitrogens with zero attached hydrogens (tertiary/aromatic N) is 4.